The Morgan fingerprint density at radius 1 is 0.892 bits per heavy atom. The lowest BCUT2D eigenvalue weighted by atomic mass is 9.90. The van der Waals surface area contributed by atoms with Crippen LogP contribution in [0.3, 0.4) is 0 Å². The van der Waals surface area contributed by atoms with Crippen LogP contribution in [0.4, 0.5) is 42.2 Å². The third-order valence-electron chi connectivity index (χ3n) is 5.56. The zero-order chi connectivity index (χ0) is 27.6. The van der Waals surface area contributed by atoms with E-state index in [0.717, 1.165) is 5.56 Å². The van der Waals surface area contributed by atoms with Gasteiger partial charge in [-0.05, 0) is 54.8 Å². The van der Waals surface area contributed by atoms with Crippen LogP contribution in [0.5, 0.6) is 5.75 Å². The summed E-state index contributed by atoms with van der Waals surface area (Å²) in [6.07, 6.45) is -12.5. The maximum absolute atomic E-state index is 14.5. The number of halogens is 7. The summed E-state index contributed by atoms with van der Waals surface area (Å²) in [5.74, 6) is 0.281. The summed E-state index contributed by atoms with van der Waals surface area (Å²) >= 11 is 0. The molecule has 198 valence electrons. The smallest absolute Gasteiger partial charge is 0.435 e. The molecule has 0 saturated heterocycles. The normalized spacial score (nSPS) is 12.3. The number of nitrogens with zero attached hydrogens (tertiary/aromatic N) is 1. The van der Waals surface area contributed by atoms with Crippen molar-refractivity contribution in [1.82, 2.24) is 4.98 Å². The maximum atomic E-state index is 14.5. The highest BCUT2D eigenvalue weighted by Gasteiger charge is 2.73. The van der Waals surface area contributed by atoms with Crippen molar-refractivity contribution >= 4 is 17.4 Å². The monoisotopic (exact) mass is 529 g/mol. The molecule has 3 rings (SSSR count). The number of pyridine rings is 1. The molecular formula is C25H22F7N3O2. The molecule has 0 saturated carbocycles. The average molecular weight is 529 g/mol. The van der Waals surface area contributed by atoms with Crippen LogP contribution in [-0.2, 0) is 12.2 Å². The van der Waals surface area contributed by atoms with Crippen molar-refractivity contribution in [3.8, 4) is 5.75 Å². The number of aryl methyl sites for hydroxylation is 2. The van der Waals surface area contributed by atoms with E-state index in [0.29, 0.717) is 30.2 Å². The number of benzene rings is 2. The van der Waals surface area contributed by atoms with Gasteiger partial charge in [0.1, 0.15) is 17.3 Å². The molecule has 0 aliphatic carbocycles. The number of nitrogens with one attached hydrogen (secondary N) is 2. The largest absolute Gasteiger partial charge is 0.497 e. The van der Waals surface area contributed by atoms with E-state index in [1.165, 1.54) is 19.9 Å². The van der Waals surface area contributed by atoms with Gasteiger partial charge in [-0.2, -0.15) is 26.3 Å². The molecule has 1 amide bonds. The molecule has 0 bridgehead atoms. The summed E-state index contributed by atoms with van der Waals surface area (Å²) in [5, 5.41) is 5.48. The summed E-state index contributed by atoms with van der Waals surface area (Å²) < 4.78 is 98.4. The zero-order valence-corrected chi connectivity index (χ0v) is 19.8. The molecule has 0 fully saturated rings. The fourth-order valence-corrected chi connectivity index (χ4v) is 3.62. The van der Waals surface area contributed by atoms with Crippen molar-refractivity contribution in [3.05, 3.63) is 82.5 Å². The Balaban J connectivity index is 1.80. The minimum atomic E-state index is -6.24. The molecule has 2 aromatic carbocycles. The predicted octanol–water partition coefficient (Wildman–Crippen LogP) is 6.86. The van der Waals surface area contributed by atoms with E-state index < -0.39 is 29.5 Å². The topological polar surface area (TPSA) is 63.2 Å². The number of aromatic nitrogens is 1. The van der Waals surface area contributed by atoms with Gasteiger partial charge in [0.05, 0.1) is 7.11 Å². The minimum absolute atomic E-state index is 0.0566. The van der Waals surface area contributed by atoms with Gasteiger partial charge in [0.2, 0.25) is 0 Å². The lowest BCUT2D eigenvalue weighted by molar-refractivity contribution is -0.348. The van der Waals surface area contributed by atoms with Crippen LogP contribution in [0, 0.1) is 13.8 Å². The van der Waals surface area contributed by atoms with Crippen molar-refractivity contribution in [2.75, 3.05) is 17.7 Å². The van der Waals surface area contributed by atoms with Gasteiger partial charge in [-0.25, -0.2) is 9.37 Å². The van der Waals surface area contributed by atoms with Crippen LogP contribution >= 0.6 is 0 Å². The molecular weight excluding hydrogens is 507 g/mol. The first-order chi connectivity index (χ1) is 17.2. The maximum Gasteiger partial charge on any atom is 0.435 e. The predicted molar refractivity (Wildman–Crippen MR) is 123 cm³/mol. The van der Waals surface area contributed by atoms with Crippen molar-refractivity contribution in [2.45, 2.75) is 38.4 Å². The number of rotatable bonds is 7. The summed E-state index contributed by atoms with van der Waals surface area (Å²) in [6, 6.07) is 12.6. The Morgan fingerprint density at radius 3 is 1.97 bits per heavy atom. The second-order valence-electron chi connectivity index (χ2n) is 8.20. The van der Waals surface area contributed by atoms with Gasteiger partial charge in [-0.3, -0.25) is 4.79 Å². The first kappa shape index (κ1) is 27.8. The third-order valence-corrected chi connectivity index (χ3v) is 5.56. The van der Waals surface area contributed by atoms with E-state index in [-0.39, 0.29) is 22.5 Å². The Morgan fingerprint density at radius 2 is 1.46 bits per heavy atom. The van der Waals surface area contributed by atoms with Crippen LogP contribution in [-0.4, -0.2) is 30.4 Å². The fraction of sp³-hybridized carbons (Fsp3) is 0.280. The fourth-order valence-electron chi connectivity index (χ4n) is 3.62. The zero-order valence-electron chi connectivity index (χ0n) is 19.8. The molecule has 0 atom stereocenters. The van der Waals surface area contributed by atoms with Crippen LogP contribution < -0.4 is 15.4 Å². The van der Waals surface area contributed by atoms with Crippen LogP contribution in [0.25, 0.3) is 0 Å². The quantitative estimate of drug-likeness (QED) is 0.328. The molecule has 0 aliphatic rings. The van der Waals surface area contributed by atoms with E-state index in [2.05, 4.69) is 15.6 Å². The van der Waals surface area contributed by atoms with Gasteiger partial charge in [-0.1, -0.05) is 30.3 Å². The summed E-state index contributed by atoms with van der Waals surface area (Å²) in [6.45, 7) is 2.71. The Bertz CT molecular complexity index is 1240. The van der Waals surface area contributed by atoms with Crippen LogP contribution in [0.2, 0.25) is 0 Å². The lowest BCUT2D eigenvalue weighted by Gasteiger charge is -2.31. The molecule has 1 heterocycles. The number of amides is 1. The number of methoxy groups -OCH3 is 1. The lowest BCUT2D eigenvalue weighted by Crippen LogP contribution is -2.50. The van der Waals surface area contributed by atoms with E-state index in [1.54, 1.807) is 31.4 Å². The minimum Gasteiger partial charge on any atom is -0.497 e. The highest BCUT2D eigenvalue weighted by atomic mass is 19.4. The van der Waals surface area contributed by atoms with Gasteiger partial charge in [0.15, 0.2) is 0 Å². The van der Waals surface area contributed by atoms with Gasteiger partial charge in [0, 0.05) is 17.8 Å². The summed E-state index contributed by atoms with van der Waals surface area (Å²) in [4.78, 5) is 17.0. The number of hydrogen-bond acceptors (Lipinski definition) is 4. The number of anilines is 2. The number of hydrogen-bond donors (Lipinski definition) is 2. The molecule has 1 aromatic heterocycles. The number of ether oxygens (including phenoxy) is 1. The Labute approximate surface area is 207 Å². The second-order valence-corrected chi connectivity index (χ2v) is 8.20. The van der Waals surface area contributed by atoms with E-state index >= 15 is 0 Å². The van der Waals surface area contributed by atoms with Crippen LogP contribution in [0.1, 0.15) is 32.7 Å². The summed E-state index contributed by atoms with van der Waals surface area (Å²) in [5.41, 5.74) is -6.77. The first-order valence-electron chi connectivity index (χ1n) is 10.8. The molecule has 3 aromatic rings. The standard InChI is InChI=1S/C25H22F7N3O2/c1-14-11-17(23(26,24(27,28)29)25(30,31)32)12-15(2)21(14)35-22(36)19-5-4-6-20(34-19)33-13-16-7-9-18(37-3)10-8-16/h4-12H,13H2,1-3H3,(H,33,34)(H,35,36). The van der Waals surface area contributed by atoms with E-state index in [9.17, 15) is 35.5 Å². The first-order valence-corrected chi connectivity index (χ1v) is 10.8. The van der Waals surface area contributed by atoms with Gasteiger partial charge in [0.25, 0.3) is 5.91 Å². The van der Waals surface area contributed by atoms with Gasteiger partial charge < -0.3 is 15.4 Å². The average Bonchev–Trinajstić information content (AvgIpc) is 2.83. The third kappa shape index (κ3) is 5.78. The summed E-state index contributed by atoms with van der Waals surface area (Å²) in [7, 11) is 1.55. The number of carbonyl (C=O) groups is 1. The highest BCUT2D eigenvalue weighted by Crippen LogP contribution is 2.53. The van der Waals surface area contributed by atoms with Crippen molar-refractivity contribution in [2.24, 2.45) is 0 Å². The van der Waals surface area contributed by atoms with Crippen molar-refractivity contribution in [1.29, 1.82) is 0 Å². The van der Waals surface area contributed by atoms with E-state index in [1.807, 2.05) is 12.1 Å². The molecule has 0 radical (unpaired) electrons. The van der Waals surface area contributed by atoms with Gasteiger partial charge in [-0.15, -0.1) is 0 Å². The van der Waals surface area contributed by atoms with Crippen molar-refractivity contribution < 1.29 is 40.3 Å². The van der Waals surface area contributed by atoms with E-state index in [4.69, 9.17) is 4.74 Å². The molecule has 2 N–H and O–H groups in total. The Kier molecular flexibility index (Phi) is 7.70. The highest BCUT2D eigenvalue weighted by molar-refractivity contribution is 6.04. The van der Waals surface area contributed by atoms with Gasteiger partial charge >= 0.3 is 18.0 Å². The molecule has 5 nitrogen and oxygen atoms in total. The van der Waals surface area contributed by atoms with Crippen LogP contribution in [0.15, 0.2) is 54.6 Å². The molecule has 37 heavy (non-hydrogen) atoms. The molecule has 12 heteroatoms. The number of alkyl halides is 7. The second kappa shape index (κ2) is 10.3. The van der Waals surface area contributed by atoms with Crippen molar-refractivity contribution in [3.63, 3.8) is 0 Å². The molecule has 0 unspecified atom stereocenters. The molecule has 0 spiro atoms. The number of carbonyl (C=O) groups excluding carboxylic acids is 1. The SMILES string of the molecule is COc1ccc(CNc2cccc(C(=O)Nc3c(C)cc(C(F)(C(F)(F)F)C(F)(F)F)cc3C)n2)cc1. The molecule has 0 aliphatic heterocycles. The Hall–Kier alpha value is -3.83.